The smallest absolute Gasteiger partial charge is 0.225 e. The Kier molecular flexibility index (Phi) is 5.67. The lowest BCUT2D eigenvalue weighted by Crippen LogP contribution is -2.36. The maximum Gasteiger partial charge on any atom is 0.225 e. The highest BCUT2D eigenvalue weighted by molar-refractivity contribution is 7.98. The van der Waals surface area contributed by atoms with E-state index in [2.05, 4.69) is 5.32 Å². The molecule has 5 heteroatoms. The van der Waals surface area contributed by atoms with Crippen LogP contribution in [0.3, 0.4) is 0 Å². The molecule has 21 heavy (non-hydrogen) atoms. The first-order valence-electron chi connectivity index (χ1n) is 7.27. The SMILES string of the molecule is CCN1C[C@H](C(=O)N[C@H](CSC)c2ccccc2)CC1=O. The molecule has 1 aromatic rings. The molecule has 2 rings (SSSR count). The van der Waals surface area contributed by atoms with Crippen LogP contribution in [-0.4, -0.2) is 41.8 Å². The molecule has 1 heterocycles. The summed E-state index contributed by atoms with van der Waals surface area (Å²) in [6.45, 7) is 3.16. The lowest BCUT2D eigenvalue weighted by Gasteiger charge is -2.20. The van der Waals surface area contributed by atoms with Crippen LogP contribution in [0.15, 0.2) is 30.3 Å². The first-order chi connectivity index (χ1) is 10.2. The van der Waals surface area contributed by atoms with Crippen LogP contribution in [0.4, 0.5) is 0 Å². The van der Waals surface area contributed by atoms with Crippen LogP contribution in [-0.2, 0) is 9.59 Å². The summed E-state index contributed by atoms with van der Waals surface area (Å²) in [5.41, 5.74) is 1.11. The molecule has 2 amide bonds. The predicted molar refractivity (Wildman–Crippen MR) is 86.1 cm³/mol. The normalized spacial score (nSPS) is 19.6. The number of hydrogen-bond acceptors (Lipinski definition) is 3. The van der Waals surface area contributed by atoms with E-state index in [1.807, 2.05) is 43.5 Å². The molecule has 1 aliphatic heterocycles. The topological polar surface area (TPSA) is 49.4 Å². The van der Waals surface area contributed by atoms with E-state index in [9.17, 15) is 9.59 Å². The molecule has 1 N–H and O–H groups in total. The van der Waals surface area contributed by atoms with Gasteiger partial charge in [0.05, 0.1) is 12.0 Å². The van der Waals surface area contributed by atoms with Crippen LogP contribution in [0.1, 0.15) is 24.9 Å². The van der Waals surface area contributed by atoms with Crippen molar-refractivity contribution >= 4 is 23.6 Å². The van der Waals surface area contributed by atoms with Gasteiger partial charge in [0.2, 0.25) is 11.8 Å². The number of carbonyl (C=O) groups excluding carboxylic acids is 2. The number of rotatable bonds is 6. The van der Waals surface area contributed by atoms with Crippen LogP contribution in [0.5, 0.6) is 0 Å². The van der Waals surface area contributed by atoms with Crippen molar-refractivity contribution < 1.29 is 9.59 Å². The van der Waals surface area contributed by atoms with Gasteiger partial charge < -0.3 is 10.2 Å². The lowest BCUT2D eigenvalue weighted by atomic mass is 10.0. The molecule has 0 bridgehead atoms. The second kappa shape index (κ2) is 7.50. The summed E-state index contributed by atoms with van der Waals surface area (Å²) in [6.07, 6.45) is 2.36. The molecule has 1 aliphatic rings. The fourth-order valence-corrected chi connectivity index (χ4v) is 3.23. The second-order valence-electron chi connectivity index (χ2n) is 5.26. The Balaban J connectivity index is 2.01. The minimum Gasteiger partial charge on any atom is -0.348 e. The number of nitrogens with zero attached hydrogens (tertiary/aromatic N) is 1. The first kappa shape index (κ1) is 15.9. The Morgan fingerprint density at radius 3 is 2.71 bits per heavy atom. The molecular formula is C16H22N2O2S. The van der Waals surface area contributed by atoms with Crippen molar-refractivity contribution in [1.29, 1.82) is 0 Å². The quantitative estimate of drug-likeness (QED) is 0.875. The van der Waals surface area contributed by atoms with Gasteiger partial charge in [-0.2, -0.15) is 11.8 Å². The van der Waals surface area contributed by atoms with Crippen LogP contribution in [0, 0.1) is 5.92 Å². The third kappa shape index (κ3) is 4.00. The van der Waals surface area contributed by atoms with Crippen LogP contribution in [0.25, 0.3) is 0 Å². The maximum atomic E-state index is 12.4. The van der Waals surface area contributed by atoms with Gasteiger partial charge in [-0.05, 0) is 18.7 Å². The number of hydrogen-bond donors (Lipinski definition) is 1. The Bertz CT molecular complexity index is 492. The fourth-order valence-electron chi connectivity index (χ4n) is 2.62. The highest BCUT2D eigenvalue weighted by atomic mass is 32.2. The summed E-state index contributed by atoms with van der Waals surface area (Å²) < 4.78 is 0. The Morgan fingerprint density at radius 1 is 1.43 bits per heavy atom. The van der Waals surface area contributed by atoms with Crippen molar-refractivity contribution in [3.63, 3.8) is 0 Å². The zero-order valence-electron chi connectivity index (χ0n) is 12.5. The van der Waals surface area contributed by atoms with Crippen LogP contribution >= 0.6 is 11.8 Å². The van der Waals surface area contributed by atoms with E-state index in [4.69, 9.17) is 0 Å². The molecular weight excluding hydrogens is 284 g/mol. The van der Waals surface area contributed by atoms with E-state index >= 15 is 0 Å². The first-order valence-corrected chi connectivity index (χ1v) is 8.67. The molecule has 0 aliphatic carbocycles. The Morgan fingerprint density at radius 2 is 2.14 bits per heavy atom. The van der Waals surface area contributed by atoms with Gasteiger partial charge in [-0.15, -0.1) is 0 Å². The standard InChI is InChI=1S/C16H22N2O2S/c1-3-18-10-13(9-15(18)19)16(20)17-14(11-21-2)12-7-5-4-6-8-12/h4-8,13-14H,3,9-11H2,1-2H3,(H,17,20)/t13-,14-/m1/s1. The number of amides is 2. The molecule has 114 valence electrons. The van der Waals surface area contributed by atoms with Crippen molar-refractivity contribution in [2.45, 2.75) is 19.4 Å². The average molecular weight is 306 g/mol. The van der Waals surface area contributed by atoms with Gasteiger partial charge >= 0.3 is 0 Å². The van der Waals surface area contributed by atoms with E-state index < -0.39 is 0 Å². The summed E-state index contributed by atoms with van der Waals surface area (Å²) in [5.74, 6) is 0.681. The summed E-state index contributed by atoms with van der Waals surface area (Å²) in [4.78, 5) is 25.9. The van der Waals surface area contributed by atoms with E-state index in [1.54, 1.807) is 16.7 Å². The van der Waals surface area contributed by atoms with Gasteiger partial charge in [-0.25, -0.2) is 0 Å². The van der Waals surface area contributed by atoms with Gasteiger partial charge in [0.25, 0.3) is 0 Å². The third-order valence-electron chi connectivity index (χ3n) is 3.82. The molecule has 0 radical (unpaired) electrons. The van der Waals surface area contributed by atoms with Crippen LogP contribution < -0.4 is 5.32 Å². The summed E-state index contributed by atoms with van der Waals surface area (Å²) >= 11 is 1.70. The number of nitrogens with one attached hydrogen (secondary N) is 1. The molecule has 1 saturated heterocycles. The molecule has 0 saturated carbocycles. The zero-order chi connectivity index (χ0) is 15.2. The molecule has 0 spiro atoms. The molecule has 1 aromatic carbocycles. The van der Waals surface area contributed by atoms with Gasteiger partial charge in [-0.1, -0.05) is 30.3 Å². The van der Waals surface area contributed by atoms with Crippen molar-refractivity contribution in [3.8, 4) is 0 Å². The predicted octanol–water partition coefficient (Wildman–Crippen LogP) is 2.08. The maximum absolute atomic E-state index is 12.4. The number of carbonyl (C=O) groups is 2. The van der Waals surface area contributed by atoms with Gasteiger partial charge in [0, 0.05) is 25.3 Å². The van der Waals surface area contributed by atoms with Crippen molar-refractivity contribution in [1.82, 2.24) is 10.2 Å². The molecule has 0 aromatic heterocycles. The molecule has 2 atom stereocenters. The minimum atomic E-state index is -0.217. The van der Waals surface area contributed by atoms with Crippen molar-refractivity contribution in [2.75, 3.05) is 25.1 Å². The second-order valence-corrected chi connectivity index (χ2v) is 6.17. The van der Waals surface area contributed by atoms with E-state index in [1.165, 1.54) is 0 Å². The largest absolute Gasteiger partial charge is 0.348 e. The van der Waals surface area contributed by atoms with Crippen molar-refractivity contribution in [3.05, 3.63) is 35.9 Å². The summed E-state index contributed by atoms with van der Waals surface area (Å²) in [5, 5.41) is 3.10. The zero-order valence-corrected chi connectivity index (χ0v) is 13.4. The van der Waals surface area contributed by atoms with Crippen LogP contribution in [0.2, 0.25) is 0 Å². The van der Waals surface area contributed by atoms with E-state index in [0.29, 0.717) is 19.5 Å². The van der Waals surface area contributed by atoms with E-state index in [-0.39, 0.29) is 23.8 Å². The Labute approximate surface area is 130 Å². The number of likely N-dealkylation sites (tertiary alicyclic amines) is 1. The van der Waals surface area contributed by atoms with Gasteiger partial charge in [-0.3, -0.25) is 9.59 Å². The number of thioether (sulfide) groups is 1. The van der Waals surface area contributed by atoms with Gasteiger partial charge in [0.15, 0.2) is 0 Å². The monoisotopic (exact) mass is 306 g/mol. The lowest BCUT2D eigenvalue weighted by molar-refractivity contribution is -0.129. The number of benzene rings is 1. The Hall–Kier alpha value is -1.49. The van der Waals surface area contributed by atoms with E-state index in [0.717, 1.165) is 11.3 Å². The fraction of sp³-hybridized carbons (Fsp3) is 0.500. The van der Waals surface area contributed by atoms with Crippen molar-refractivity contribution in [2.24, 2.45) is 5.92 Å². The summed E-state index contributed by atoms with van der Waals surface area (Å²) in [7, 11) is 0. The minimum absolute atomic E-state index is 0.000483. The third-order valence-corrected chi connectivity index (χ3v) is 4.49. The highest BCUT2D eigenvalue weighted by Crippen LogP contribution is 2.21. The average Bonchev–Trinajstić information content (AvgIpc) is 2.89. The molecule has 1 fully saturated rings. The summed E-state index contributed by atoms with van der Waals surface area (Å²) in [6, 6.07) is 9.98. The molecule has 4 nitrogen and oxygen atoms in total. The highest BCUT2D eigenvalue weighted by Gasteiger charge is 2.34. The van der Waals surface area contributed by atoms with Gasteiger partial charge in [0.1, 0.15) is 0 Å². The molecule has 0 unspecified atom stereocenters.